The Hall–Kier alpha value is -0.710. The molecule has 1 amide bonds. The second-order valence-corrected chi connectivity index (χ2v) is 5.19. The van der Waals surface area contributed by atoms with Gasteiger partial charge in [-0.15, -0.1) is 0 Å². The van der Waals surface area contributed by atoms with Crippen LogP contribution in [-0.2, 0) is 9.59 Å². The highest BCUT2D eigenvalue weighted by Crippen LogP contribution is 2.06. The Morgan fingerprint density at radius 1 is 1.24 bits per heavy atom. The molecule has 0 rings (SSSR count). The molecule has 2 N–H and O–H groups in total. The Morgan fingerprint density at radius 2 is 1.94 bits per heavy atom. The summed E-state index contributed by atoms with van der Waals surface area (Å²) in [6, 6.07) is -0.729. The molecule has 5 heteroatoms. The quantitative estimate of drug-likeness (QED) is 0.592. The summed E-state index contributed by atoms with van der Waals surface area (Å²) in [6.45, 7) is 4.04. The van der Waals surface area contributed by atoms with Crippen LogP contribution in [0.5, 0.6) is 0 Å². The first-order valence-corrected chi connectivity index (χ1v) is 7.37. The summed E-state index contributed by atoms with van der Waals surface area (Å²) in [6.07, 6.45) is 3.98. The van der Waals surface area contributed by atoms with E-state index in [2.05, 4.69) is 12.2 Å². The van der Waals surface area contributed by atoms with E-state index in [1.165, 1.54) is 6.42 Å². The van der Waals surface area contributed by atoms with Gasteiger partial charge in [0.05, 0.1) is 0 Å². The van der Waals surface area contributed by atoms with E-state index in [0.29, 0.717) is 12.8 Å². The van der Waals surface area contributed by atoms with Crippen molar-refractivity contribution in [1.82, 2.24) is 5.32 Å². The molecule has 0 aliphatic rings. The van der Waals surface area contributed by atoms with Crippen molar-refractivity contribution in [3.05, 3.63) is 0 Å². The van der Waals surface area contributed by atoms with Crippen LogP contribution in [0, 0.1) is 0 Å². The number of rotatable bonds is 10. The van der Waals surface area contributed by atoms with Crippen LogP contribution in [0.2, 0.25) is 0 Å². The molecule has 0 fully saturated rings. The molecule has 0 aromatic rings. The molecule has 0 radical (unpaired) electrons. The Bertz CT molecular complexity index is 234. The minimum atomic E-state index is -0.946. The second kappa shape index (κ2) is 10.4. The monoisotopic (exact) mass is 261 g/mol. The molecule has 17 heavy (non-hydrogen) atoms. The van der Waals surface area contributed by atoms with Gasteiger partial charge in [0.15, 0.2) is 0 Å². The molecule has 0 aliphatic carbocycles. The van der Waals surface area contributed by atoms with Crippen LogP contribution in [0.3, 0.4) is 0 Å². The van der Waals surface area contributed by atoms with Gasteiger partial charge < -0.3 is 10.4 Å². The third kappa shape index (κ3) is 9.03. The third-order valence-corrected chi connectivity index (χ3v) is 3.40. The van der Waals surface area contributed by atoms with Gasteiger partial charge in [-0.2, -0.15) is 11.8 Å². The number of nitrogens with one attached hydrogen (secondary N) is 1. The van der Waals surface area contributed by atoms with E-state index in [0.717, 1.165) is 24.3 Å². The third-order valence-electron chi connectivity index (χ3n) is 2.33. The first-order valence-electron chi connectivity index (χ1n) is 6.21. The van der Waals surface area contributed by atoms with Crippen LogP contribution >= 0.6 is 11.8 Å². The number of aliphatic carboxylic acids is 1. The number of unbranched alkanes of at least 4 members (excludes halogenated alkanes) is 1. The Morgan fingerprint density at radius 3 is 2.47 bits per heavy atom. The molecule has 0 heterocycles. The minimum Gasteiger partial charge on any atom is -0.480 e. The molecule has 0 spiro atoms. The van der Waals surface area contributed by atoms with Crippen LogP contribution < -0.4 is 5.32 Å². The molecule has 1 atom stereocenters. The SMILES string of the molecule is CCCCSCCC(=O)NC(CCC)C(=O)O. The molecule has 0 bridgehead atoms. The lowest BCUT2D eigenvalue weighted by molar-refractivity contribution is -0.142. The van der Waals surface area contributed by atoms with Crippen LogP contribution in [0.15, 0.2) is 0 Å². The van der Waals surface area contributed by atoms with E-state index in [1.807, 2.05) is 6.92 Å². The van der Waals surface area contributed by atoms with E-state index in [4.69, 9.17) is 5.11 Å². The zero-order chi connectivity index (χ0) is 13.1. The van der Waals surface area contributed by atoms with Gasteiger partial charge in [-0.3, -0.25) is 4.79 Å². The van der Waals surface area contributed by atoms with Gasteiger partial charge in [-0.1, -0.05) is 26.7 Å². The molecule has 0 aromatic heterocycles. The number of hydrogen-bond donors (Lipinski definition) is 2. The summed E-state index contributed by atoms with van der Waals surface area (Å²) in [5, 5.41) is 11.4. The van der Waals surface area contributed by atoms with E-state index in [9.17, 15) is 9.59 Å². The summed E-state index contributed by atoms with van der Waals surface area (Å²) in [4.78, 5) is 22.3. The number of carbonyl (C=O) groups excluding carboxylic acids is 1. The largest absolute Gasteiger partial charge is 0.480 e. The van der Waals surface area contributed by atoms with Crippen molar-refractivity contribution in [3.8, 4) is 0 Å². The van der Waals surface area contributed by atoms with E-state index in [-0.39, 0.29) is 5.91 Å². The maximum atomic E-state index is 11.5. The van der Waals surface area contributed by atoms with Gasteiger partial charge in [0.25, 0.3) is 0 Å². The van der Waals surface area contributed by atoms with Gasteiger partial charge in [0.2, 0.25) is 5.91 Å². The summed E-state index contributed by atoms with van der Waals surface area (Å²) >= 11 is 1.75. The number of hydrogen-bond acceptors (Lipinski definition) is 3. The fraction of sp³-hybridized carbons (Fsp3) is 0.833. The molecular weight excluding hydrogens is 238 g/mol. The van der Waals surface area contributed by atoms with Crippen molar-refractivity contribution in [2.24, 2.45) is 0 Å². The molecular formula is C12H23NO3S. The first-order chi connectivity index (χ1) is 8.11. The maximum Gasteiger partial charge on any atom is 0.326 e. The number of amides is 1. The lowest BCUT2D eigenvalue weighted by atomic mass is 10.1. The van der Waals surface area contributed by atoms with Crippen LogP contribution in [0.1, 0.15) is 46.0 Å². The highest BCUT2D eigenvalue weighted by molar-refractivity contribution is 7.99. The van der Waals surface area contributed by atoms with Crippen molar-refractivity contribution in [2.45, 2.75) is 52.0 Å². The number of carboxylic acid groups (broad SMARTS) is 1. The van der Waals surface area contributed by atoms with E-state index < -0.39 is 12.0 Å². The minimum absolute atomic E-state index is 0.158. The molecule has 0 aromatic carbocycles. The average molecular weight is 261 g/mol. The molecule has 0 saturated carbocycles. The topological polar surface area (TPSA) is 66.4 Å². The lowest BCUT2D eigenvalue weighted by Crippen LogP contribution is -2.40. The van der Waals surface area contributed by atoms with Gasteiger partial charge >= 0.3 is 5.97 Å². The van der Waals surface area contributed by atoms with Crippen molar-refractivity contribution in [2.75, 3.05) is 11.5 Å². The van der Waals surface area contributed by atoms with Crippen LogP contribution in [0.25, 0.3) is 0 Å². The Labute approximate surface area is 108 Å². The Balaban J connectivity index is 3.71. The summed E-state index contributed by atoms with van der Waals surface area (Å²) in [5.41, 5.74) is 0. The fourth-order valence-corrected chi connectivity index (χ4v) is 2.35. The summed E-state index contributed by atoms with van der Waals surface area (Å²) in [5.74, 6) is 0.736. The lowest BCUT2D eigenvalue weighted by Gasteiger charge is -2.13. The van der Waals surface area contributed by atoms with E-state index >= 15 is 0 Å². The van der Waals surface area contributed by atoms with Gasteiger partial charge in [0, 0.05) is 12.2 Å². The maximum absolute atomic E-state index is 11.5. The number of carbonyl (C=O) groups is 2. The average Bonchev–Trinajstić information content (AvgIpc) is 2.28. The van der Waals surface area contributed by atoms with Crippen LogP contribution in [0.4, 0.5) is 0 Å². The highest BCUT2D eigenvalue weighted by Gasteiger charge is 2.18. The predicted molar refractivity (Wildman–Crippen MR) is 71.3 cm³/mol. The zero-order valence-electron chi connectivity index (χ0n) is 10.7. The van der Waals surface area contributed by atoms with Crippen molar-refractivity contribution in [3.63, 3.8) is 0 Å². The highest BCUT2D eigenvalue weighted by atomic mass is 32.2. The Kier molecular flexibility index (Phi) is 10.0. The molecule has 0 saturated heterocycles. The molecule has 4 nitrogen and oxygen atoms in total. The van der Waals surface area contributed by atoms with Gasteiger partial charge in [-0.05, 0) is 18.6 Å². The molecule has 1 unspecified atom stereocenters. The molecule has 100 valence electrons. The smallest absolute Gasteiger partial charge is 0.326 e. The van der Waals surface area contributed by atoms with Gasteiger partial charge in [0.1, 0.15) is 6.04 Å². The van der Waals surface area contributed by atoms with Crippen molar-refractivity contribution >= 4 is 23.6 Å². The zero-order valence-corrected chi connectivity index (χ0v) is 11.5. The van der Waals surface area contributed by atoms with Crippen LogP contribution in [-0.4, -0.2) is 34.5 Å². The second-order valence-electron chi connectivity index (χ2n) is 3.96. The molecule has 0 aliphatic heterocycles. The number of thioether (sulfide) groups is 1. The van der Waals surface area contributed by atoms with Crippen molar-refractivity contribution < 1.29 is 14.7 Å². The van der Waals surface area contributed by atoms with E-state index in [1.54, 1.807) is 11.8 Å². The predicted octanol–water partition coefficient (Wildman–Crippen LogP) is 2.28. The van der Waals surface area contributed by atoms with Crippen molar-refractivity contribution in [1.29, 1.82) is 0 Å². The first kappa shape index (κ1) is 16.3. The number of carboxylic acids is 1. The van der Waals surface area contributed by atoms with Gasteiger partial charge in [-0.25, -0.2) is 4.79 Å². The summed E-state index contributed by atoms with van der Waals surface area (Å²) in [7, 11) is 0. The fourth-order valence-electron chi connectivity index (χ4n) is 1.33. The normalized spacial score (nSPS) is 12.1. The standard InChI is InChI=1S/C12H23NO3S/c1-3-5-8-17-9-7-11(14)13-10(6-4-2)12(15)16/h10H,3-9H2,1-2H3,(H,13,14)(H,15,16). The summed E-state index contributed by atoms with van der Waals surface area (Å²) < 4.78 is 0.